The SMILES string of the molecule is COc1ccc(Cn2nnc(N3C(=O)[C@@H](N)[C@@H]3C)n2)cc1. The number of tetrazole rings is 1. The van der Waals surface area contributed by atoms with Crippen molar-refractivity contribution in [1.29, 1.82) is 0 Å². The van der Waals surface area contributed by atoms with Crippen LogP contribution in [0.15, 0.2) is 24.3 Å². The maximum Gasteiger partial charge on any atom is 0.273 e. The van der Waals surface area contributed by atoms with Crippen LogP contribution in [0.25, 0.3) is 0 Å². The number of amides is 1. The van der Waals surface area contributed by atoms with Crippen LogP contribution in [0.5, 0.6) is 5.75 Å². The number of ether oxygens (including phenoxy) is 1. The Morgan fingerprint density at radius 1 is 1.33 bits per heavy atom. The lowest BCUT2D eigenvalue weighted by molar-refractivity contribution is -0.125. The third-order valence-electron chi connectivity index (χ3n) is 3.59. The van der Waals surface area contributed by atoms with Gasteiger partial charge in [0.2, 0.25) is 5.91 Å². The normalized spacial score (nSPS) is 21.3. The number of benzene rings is 1. The number of nitrogens with zero attached hydrogens (tertiary/aromatic N) is 5. The zero-order valence-electron chi connectivity index (χ0n) is 11.8. The fourth-order valence-electron chi connectivity index (χ4n) is 2.22. The number of carbonyl (C=O) groups is 1. The largest absolute Gasteiger partial charge is 0.497 e. The molecule has 2 heterocycles. The first-order chi connectivity index (χ1) is 10.1. The Labute approximate surface area is 121 Å². The fourth-order valence-corrected chi connectivity index (χ4v) is 2.22. The first kappa shape index (κ1) is 13.5. The summed E-state index contributed by atoms with van der Waals surface area (Å²) in [4.78, 5) is 14.6. The van der Waals surface area contributed by atoms with Crippen LogP contribution in [-0.4, -0.2) is 45.3 Å². The second-order valence-corrected chi connectivity index (χ2v) is 4.94. The van der Waals surface area contributed by atoms with E-state index in [1.165, 1.54) is 9.70 Å². The highest BCUT2D eigenvalue weighted by Gasteiger charge is 2.44. The molecule has 0 spiro atoms. The number of hydrogen-bond acceptors (Lipinski definition) is 6. The molecular formula is C13H16N6O2. The molecule has 1 aliphatic heterocycles. The summed E-state index contributed by atoms with van der Waals surface area (Å²) >= 11 is 0. The molecule has 1 fully saturated rings. The number of aromatic nitrogens is 4. The lowest BCUT2D eigenvalue weighted by atomic mass is 9.99. The van der Waals surface area contributed by atoms with Crippen LogP contribution in [0.3, 0.4) is 0 Å². The molecule has 1 aromatic heterocycles. The zero-order chi connectivity index (χ0) is 15.0. The van der Waals surface area contributed by atoms with Gasteiger partial charge < -0.3 is 10.5 Å². The third kappa shape index (κ3) is 2.33. The highest BCUT2D eigenvalue weighted by Crippen LogP contribution is 2.22. The van der Waals surface area contributed by atoms with E-state index in [9.17, 15) is 4.79 Å². The van der Waals surface area contributed by atoms with E-state index >= 15 is 0 Å². The molecule has 1 saturated heterocycles. The molecule has 1 amide bonds. The Kier molecular flexibility index (Phi) is 3.30. The lowest BCUT2D eigenvalue weighted by Gasteiger charge is -2.40. The summed E-state index contributed by atoms with van der Waals surface area (Å²) in [5.74, 6) is 0.911. The van der Waals surface area contributed by atoms with Gasteiger partial charge in [0.1, 0.15) is 11.8 Å². The van der Waals surface area contributed by atoms with Gasteiger partial charge in [-0.2, -0.15) is 4.80 Å². The molecule has 0 saturated carbocycles. The average Bonchev–Trinajstić information content (AvgIpc) is 2.95. The predicted molar refractivity (Wildman–Crippen MR) is 74.8 cm³/mol. The van der Waals surface area contributed by atoms with Crippen LogP contribution in [0.4, 0.5) is 5.95 Å². The molecule has 0 radical (unpaired) electrons. The standard InChI is InChI=1S/C13H16N6O2/c1-8-11(14)12(20)19(8)13-15-17-18(16-13)7-9-3-5-10(21-2)6-4-9/h3-6,8,11H,7,14H2,1-2H3/t8-,11-/m0/s1. The Hall–Kier alpha value is -2.48. The van der Waals surface area contributed by atoms with Gasteiger partial charge in [0.05, 0.1) is 19.7 Å². The van der Waals surface area contributed by atoms with Crippen LogP contribution in [-0.2, 0) is 11.3 Å². The maximum absolute atomic E-state index is 11.7. The van der Waals surface area contributed by atoms with Crippen molar-refractivity contribution in [3.05, 3.63) is 29.8 Å². The number of nitrogens with two attached hydrogens (primary N) is 1. The summed E-state index contributed by atoms with van der Waals surface area (Å²) in [6, 6.07) is 7.01. The van der Waals surface area contributed by atoms with Crippen LogP contribution in [0.2, 0.25) is 0 Å². The highest BCUT2D eigenvalue weighted by atomic mass is 16.5. The van der Waals surface area contributed by atoms with Crippen LogP contribution in [0, 0.1) is 0 Å². The van der Waals surface area contributed by atoms with Crippen molar-refractivity contribution in [2.24, 2.45) is 5.73 Å². The number of methoxy groups -OCH3 is 1. The molecule has 1 aromatic carbocycles. The Bertz CT molecular complexity index is 653. The van der Waals surface area contributed by atoms with E-state index in [4.69, 9.17) is 10.5 Å². The van der Waals surface area contributed by atoms with Gasteiger partial charge in [0.15, 0.2) is 0 Å². The fraction of sp³-hybridized carbons (Fsp3) is 0.385. The van der Waals surface area contributed by atoms with E-state index < -0.39 is 6.04 Å². The maximum atomic E-state index is 11.7. The van der Waals surface area contributed by atoms with E-state index in [0.717, 1.165) is 11.3 Å². The van der Waals surface area contributed by atoms with Crippen molar-refractivity contribution in [2.75, 3.05) is 12.0 Å². The summed E-state index contributed by atoms with van der Waals surface area (Å²) < 4.78 is 5.10. The molecule has 0 unspecified atom stereocenters. The second kappa shape index (κ2) is 5.13. The highest BCUT2D eigenvalue weighted by molar-refractivity contribution is 6.03. The summed E-state index contributed by atoms with van der Waals surface area (Å²) in [5.41, 5.74) is 6.68. The number of anilines is 1. The van der Waals surface area contributed by atoms with Gasteiger partial charge in [-0.3, -0.25) is 9.69 Å². The van der Waals surface area contributed by atoms with Gasteiger partial charge in [0.25, 0.3) is 5.95 Å². The van der Waals surface area contributed by atoms with E-state index in [0.29, 0.717) is 12.5 Å². The van der Waals surface area contributed by atoms with Crippen LogP contribution in [0.1, 0.15) is 12.5 Å². The minimum Gasteiger partial charge on any atom is -0.497 e. The summed E-state index contributed by atoms with van der Waals surface area (Å²) in [5, 5.41) is 12.1. The molecule has 21 heavy (non-hydrogen) atoms. The quantitative estimate of drug-likeness (QED) is 0.782. The first-order valence-corrected chi connectivity index (χ1v) is 6.59. The molecule has 2 aromatic rings. The molecule has 1 aliphatic rings. The topological polar surface area (TPSA) is 99.2 Å². The van der Waals surface area contributed by atoms with E-state index in [2.05, 4.69) is 15.4 Å². The number of rotatable bonds is 4. The van der Waals surface area contributed by atoms with E-state index in [1.54, 1.807) is 7.11 Å². The number of hydrogen-bond donors (Lipinski definition) is 1. The van der Waals surface area contributed by atoms with Crippen molar-refractivity contribution in [3.63, 3.8) is 0 Å². The Balaban J connectivity index is 1.71. The molecule has 110 valence electrons. The molecule has 8 nitrogen and oxygen atoms in total. The van der Waals surface area contributed by atoms with Crippen molar-refractivity contribution in [3.8, 4) is 5.75 Å². The average molecular weight is 288 g/mol. The van der Waals surface area contributed by atoms with Gasteiger partial charge in [-0.05, 0) is 29.8 Å². The molecule has 8 heteroatoms. The smallest absolute Gasteiger partial charge is 0.273 e. The summed E-state index contributed by atoms with van der Waals surface area (Å²) in [6.07, 6.45) is 0. The minimum atomic E-state index is -0.474. The van der Waals surface area contributed by atoms with Crippen molar-refractivity contribution in [1.82, 2.24) is 20.2 Å². The molecule has 2 N–H and O–H groups in total. The number of carbonyl (C=O) groups excluding carboxylic acids is 1. The van der Waals surface area contributed by atoms with E-state index in [-0.39, 0.29) is 11.9 Å². The van der Waals surface area contributed by atoms with Crippen LogP contribution < -0.4 is 15.4 Å². The third-order valence-corrected chi connectivity index (χ3v) is 3.59. The summed E-state index contributed by atoms with van der Waals surface area (Å²) in [6.45, 7) is 2.33. The van der Waals surface area contributed by atoms with Gasteiger partial charge in [0, 0.05) is 0 Å². The molecular weight excluding hydrogens is 272 g/mol. The van der Waals surface area contributed by atoms with Gasteiger partial charge >= 0.3 is 0 Å². The van der Waals surface area contributed by atoms with Gasteiger partial charge in [-0.1, -0.05) is 17.2 Å². The number of β-lactam (4-membered cyclic amide) rings is 1. The first-order valence-electron chi connectivity index (χ1n) is 6.59. The van der Waals surface area contributed by atoms with Gasteiger partial charge in [-0.25, -0.2) is 0 Å². The molecule has 0 aliphatic carbocycles. The van der Waals surface area contributed by atoms with Crippen molar-refractivity contribution in [2.45, 2.75) is 25.6 Å². The summed E-state index contributed by atoms with van der Waals surface area (Å²) in [7, 11) is 1.62. The Morgan fingerprint density at radius 2 is 2.05 bits per heavy atom. The van der Waals surface area contributed by atoms with Crippen molar-refractivity contribution < 1.29 is 9.53 Å². The minimum absolute atomic E-state index is 0.101. The molecule has 0 bridgehead atoms. The monoisotopic (exact) mass is 288 g/mol. The lowest BCUT2D eigenvalue weighted by Crippen LogP contribution is -2.68. The predicted octanol–water partition coefficient (Wildman–Crippen LogP) is -0.208. The van der Waals surface area contributed by atoms with E-state index in [1.807, 2.05) is 31.2 Å². The Morgan fingerprint density at radius 3 is 2.67 bits per heavy atom. The van der Waals surface area contributed by atoms with Gasteiger partial charge in [-0.15, -0.1) is 5.10 Å². The zero-order valence-corrected chi connectivity index (χ0v) is 11.8. The molecule has 2 atom stereocenters. The second-order valence-electron chi connectivity index (χ2n) is 4.94. The molecule has 3 rings (SSSR count). The van der Waals surface area contributed by atoms with Crippen molar-refractivity contribution >= 4 is 11.9 Å². The van der Waals surface area contributed by atoms with Crippen LogP contribution >= 0.6 is 0 Å².